The van der Waals surface area contributed by atoms with Crippen molar-refractivity contribution in [2.75, 3.05) is 0 Å². The highest BCUT2D eigenvalue weighted by molar-refractivity contribution is 5.58. The molecule has 4 aromatic rings. The maximum absolute atomic E-state index is 13.3. The molecule has 0 amide bonds. The molecule has 0 saturated heterocycles. The zero-order valence-corrected chi connectivity index (χ0v) is 15.9. The van der Waals surface area contributed by atoms with E-state index >= 15 is 0 Å². The van der Waals surface area contributed by atoms with E-state index in [0.29, 0.717) is 6.07 Å². The molecule has 0 radical (unpaired) electrons. The van der Waals surface area contributed by atoms with Crippen LogP contribution in [0.25, 0.3) is 22.8 Å². The molecular weight excluding hydrogens is 438 g/mol. The first kappa shape index (κ1) is 21.3. The second-order valence-electron chi connectivity index (χ2n) is 6.68. The van der Waals surface area contributed by atoms with Crippen LogP contribution < -0.4 is 5.43 Å². The molecule has 0 bridgehead atoms. The molecule has 2 heterocycles. The fourth-order valence-corrected chi connectivity index (χ4v) is 3.01. The second kappa shape index (κ2) is 7.66. The van der Waals surface area contributed by atoms with Crippen LogP contribution in [0.2, 0.25) is 0 Å². The summed E-state index contributed by atoms with van der Waals surface area (Å²) in [6.45, 7) is 0. The second-order valence-corrected chi connectivity index (χ2v) is 6.68. The van der Waals surface area contributed by atoms with E-state index in [0.717, 1.165) is 39.8 Å². The van der Waals surface area contributed by atoms with Crippen molar-refractivity contribution < 1.29 is 26.3 Å². The molecule has 5 nitrogen and oxygen atoms in total. The van der Waals surface area contributed by atoms with Gasteiger partial charge in [0.25, 0.3) is 0 Å². The Balaban J connectivity index is 1.90. The van der Waals surface area contributed by atoms with Gasteiger partial charge < -0.3 is 0 Å². The molecule has 0 saturated carbocycles. The molecule has 0 N–H and O–H groups in total. The lowest BCUT2D eigenvalue weighted by atomic mass is 10.2. The summed E-state index contributed by atoms with van der Waals surface area (Å²) in [4.78, 5) is 12.5. The van der Waals surface area contributed by atoms with E-state index in [1.54, 1.807) is 18.2 Å². The lowest BCUT2D eigenvalue weighted by Crippen LogP contribution is -2.15. The van der Waals surface area contributed by atoms with Crippen LogP contribution in [0, 0.1) is 0 Å². The maximum atomic E-state index is 13.3. The Kier molecular flexibility index (Phi) is 5.11. The molecule has 0 spiro atoms. The molecule has 0 aliphatic heterocycles. The minimum Gasteiger partial charge on any atom is -0.287 e. The smallest absolute Gasteiger partial charge is 0.287 e. The molecule has 0 atom stereocenters. The highest BCUT2D eigenvalue weighted by Gasteiger charge is 2.36. The van der Waals surface area contributed by atoms with Gasteiger partial charge in [-0.2, -0.15) is 36.5 Å². The van der Waals surface area contributed by atoms with Crippen LogP contribution in [0.15, 0.2) is 77.7 Å². The third-order valence-corrected chi connectivity index (χ3v) is 4.49. The number of benzene rings is 2. The first-order valence-corrected chi connectivity index (χ1v) is 9.05. The van der Waals surface area contributed by atoms with Crippen LogP contribution >= 0.6 is 0 Å². The zero-order chi connectivity index (χ0) is 23.1. The predicted molar refractivity (Wildman–Crippen MR) is 102 cm³/mol. The molecule has 164 valence electrons. The number of hydrogen-bond donors (Lipinski definition) is 0. The van der Waals surface area contributed by atoms with E-state index in [-0.39, 0.29) is 17.1 Å². The summed E-state index contributed by atoms with van der Waals surface area (Å²) in [5.74, 6) is 0. The summed E-state index contributed by atoms with van der Waals surface area (Å²) in [5, 5.41) is 7.60. The SMILES string of the molecule is O=c1ccn(-c2cccc(C(F)(F)F)c2)nc1-c1cc(C(F)(F)F)nn1-c1ccccc1. The van der Waals surface area contributed by atoms with Crippen LogP contribution in [0.4, 0.5) is 26.3 Å². The van der Waals surface area contributed by atoms with Crippen LogP contribution in [0.3, 0.4) is 0 Å². The molecule has 4 rings (SSSR count). The molecule has 0 aliphatic carbocycles. The highest BCUT2D eigenvalue weighted by atomic mass is 19.4. The van der Waals surface area contributed by atoms with Crippen molar-refractivity contribution in [3.63, 3.8) is 0 Å². The fraction of sp³-hybridized carbons (Fsp3) is 0.0952. The minimum absolute atomic E-state index is 0.0251. The Bertz CT molecular complexity index is 1320. The first-order chi connectivity index (χ1) is 15.0. The van der Waals surface area contributed by atoms with E-state index in [4.69, 9.17) is 0 Å². The fourth-order valence-electron chi connectivity index (χ4n) is 3.01. The number of aromatic nitrogens is 4. The van der Waals surface area contributed by atoms with E-state index in [1.165, 1.54) is 18.2 Å². The average molecular weight is 450 g/mol. The van der Waals surface area contributed by atoms with Crippen LogP contribution in [-0.2, 0) is 12.4 Å². The molecule has 32 heavy (non-hydrogen) atoms. The van der Waals surface area contributed by atoms with Crippen molar-refractivity contribution in [2.24, 2.45) is 0 Å². The van der Waals surface area contributed by atoms with Crippen molar-refractivity contribution in [1.29, 1.82) is 0 Å². The van der Waals surface area contributed by atoms with Gasteiger partial charge in [-0.25, -0.2) is 9.36 Å². The Morgan fingerprint density at radius 1 is 0.719 bits per heavy atom. The van der Waals surface area contributed by atoms with Gasteiger partial charge in [0.1, 0.15) is 0 Å². The normalized spacial score (nSPS) is 12.2. The van der Waals surface area contributed by atoms with Crippen LogP contribution in [-0.4, -0.2) is 19.6 Å². The molecule has 2 aromatic carbocycles. The third kappa shape index (κ3) is 4.13. The van der Waals surface area contributed by atoms with Crippen molar-refractivity contribution >= 4 is 0 Å². The minimum atomic E-state index is -4.79. The third-order valence-electron chi connectivity index (χ3n) is 4.49. The summed E-state index contributed by atoms with van der Waals surface area (Å²) in [6, 6.07) is 13.6. The summed E-state index contributed by atoms with van der Waals surface area (Å²) in [5.41, 5.74) is -3.35. The van der Waals surface area contributed by atoms with Crippen molar-refractivity contribution in [2.45, 2.75) is 12.4 Å². The highest BCUT2D eigenvalue weighted by Crippen LogP contribution is 2.32. The van der Waals surface area contributed by atoms with Gasteiger partial charge in [0.15, 0.2) is 11.4 Å². The van der Waals surface area contributed by atoms with Crippen molar-refractivity contribution in [3.05, 3.63) is 94.4 Å². The van der Waals surface area contributed by atoms with Gasteiger partial charge in [0.05, 0.1) is 22.6 Å². The van der Waals surface area contributed by atoms with Gasteiger partial charge in [-0.1, -0.05) is 24.3 Å². The number of hydrogen-bond acceptors (Lipinski definition) is 3. The van der Waals surface area contributed by atoms with Gasteiger partial charge in [0.2, 0.25) is 5.43 Å². The molecule has 0 aliphatic rings. The monoisotopic (exact) mass is 450 g/mol. The van der Waals surface area contributed by atoms with Crippen LogP contribution in [0.5, 0.6) is 0 Å². The molecular formula is C21H12F6N4O. The maximum Gasteiger partial charge on any atom is 0.435 e. The number of alkyl halides is 6. The number of rotatable bonds is 3. The molecule has 0 fully saturated rings. The van der Waals surface area contributed by atoms with E-state index < -0.39 is 34.7 Å². The molecule has 11 heteroatoms. The van der Waals surface area contributed by atoms with Gasteiger partial charge in [-0.3, -0.25) is 4.79 Å². The summed E-state index contributed by atoms with van der Waals surface area (Å²) in [7, 11) is 0. The standard InChI is InChI=1S/C21H12F6N4O/c22-20(23,24)13-5-4-8-15(11-13)30-10-9-17(32)19(29-30)16-12-18(21(25,26)27)28-31(16)14-6-2-1-3-7-14/h1-12H. The number of para-hydroxylation sites is 1. The van der Waals surface area contributed by atoms with Crippen molar-refractivity contribution in [1.82, 2.24) is 19.6 Å². The largest absolute Gasteiger partial charge is 0.435 e. The van der Waals surface area contributed by atoms with E-state index in [1.807, 2.05) is 0 Å². The average Bonchev–Trinajstić information content (AvgIpc) is 3.20. The molecule has 0 unspecified atom stereocenters. The Morgan fingerprint density at radius 3 is 2.06 bits per heavy atom. The van der Waals surface area contributed by atoms with E-state index in [2.05, 4.69) is 10.2 Å². The Morgan fingerprint density at radius 2 is 1.41 bits per heavy atom. The van der Waals surface area contributed by atoms with Crippen LogP contribution in [0.1, 0.15) is 11.3 Å². The van der Waals surface area contributed by atoms with Gasteiger partial charge >= 0.3 is 12.4 Å². The lowest BCUT2D eigenvalue weighted by molar-refractivity contribution is -0.141. The Hall–Kier alpha value is -3.89. The van der Waals surface area contributed by atoms with Gasteiger partial charge in [0, 0.05) is 12.3 Å². The lowest BCUT2D eigenvalue weighted by Gasteiger charge is -2.12. The Labute approximate surface area is 176 Å². The van der Waals surface area contributed by atoms with Gasteiger partial charge in [-0.05, 0) is 36.4 Å². The van der Waals surface area contributed by atoms with E-state index in [9.17, 15) is 31.1 Å². The number of nitrogens with zero attached hydrogens (tertiary/aromatic N) is 4. The summed E-state index contributed by atoms with van der Waals surface area (Å²) < 4.78 is 81.0. The number of halogens is 6. The van der Waals surface area contributed by atoms with Crippen molar-refractivity contribution in [3.8, 4) is 22.8 Å². The summed E-state index contributed by atoms with van der Waals surface area (Å²) >= 11 is 0. The zero-order valence-electron chi connectivity index (χ0n) is 15.9. The first-order valence-electron chi connectivity index (χ1n) is 9.05. The quantitative estimate of drug-likeness (QED) is 0.407. The molecule has 2 aromatic heterocycles. The topological polar surface area (TPSA) is 52.7 Å². The summed E-state index contributed by atoms with van der Waals surface area (Å²) in [6.07, 6.45) is -8.26. The van der Waals surface area contributed by atoms with Gasteiger partial charge in [-0.15, -0.1) is 0 Å². The predicted octanol–water partition coefficient (Wildman–Crippen LogP) is 5.12.